The molecule has 90 valence electrons. The third-order valence-corrected chi connectivity index (χ3v) is 3.21. The molecule has 15 heavy (non-hydrogen) atoms. The van der Waals surface area contributed by atoms with Crippen LogP contribution in [0.3, 0.4) is 0 Å². The molecule has 1 aliphatic carbocycles. The Kier molecular flexibility index (Phi) is 6.26. The number of rotatable bonds is 7. The largest absolute Gasteiger partial charge is 0.381 e. The molecule has 1 N–H and O–H groups in total. The third-order valence-electron chi connectivity index (χ3n) is 3.21. The van der Waals surface area contributed by atoms with Gasteiger partial charge in [0.25, 0.3) is 0 Å². The third kappa shape index (κ3) is 4.98. The standard InChI is InChI=1S/C13H27NO/c1-4-14-13-7-5-6-12(13)8-9-15-10-11(2)3/h11-14H,4-10H2,1-3H3. The second-order valence-corrected chi connectivity index (χ2v) is 5.11. The van der Waals surface area contributed by atoms with Crippen LogP contribution >= 0.6 is 0 Å². The molecule has 1 aliphatic rings. The van der Waals surface area contributed by atoms with E-state index in [1.807, 2.05) is 0 Å². The van der Waals surface area contributed by atoms with Crippen molar-refractivity contribution in [2.45, 2.75) is 52.5 Å². The molecule has 0 radical (unpaired) electrons. The molecule has 0 aromatic heterocycles. The fraction of sp³-hybridized carbons (Fsp3) is 1.00. The lowest BCUT2D eigenvalue weighted by Gasteiger charge is -2.20. The lowest BCUT2D eigenvalue weighted by Crippen LogP contribution is -2.32. The Morgan fingerprint density at radius 1 is 1.33 bits per heavy atom. The molecule has 1 fully saturated rings. The van der Waals surface area contributed by atoms with Crippen LogP contribution < -0.4 is 5.32 Å². The maximum absolute atomic E-state index is 5.66. The van der Waals surface area contributed by atoms with Crippen molar-refractivity contribution in [1.29, 1.82) is 0 Å². The highest BCUT2D eigenvalue weighted by Crippen LogP contribution is 2.28. The molecule has 0 amide bonds. The summed E-state index contributed by atoms with van der Waals surface area (Å²) in [6.45, 7) is 9.58. The minimum atomic E-state index is 0.665. The maximum Gasteiger partial charge on any atom is 0.0488 e. The zero-order valence-corrected chi connectivity index (χ0v) is 10.6. The highest BCUT2D eigenvalue weighted by Gasteiger charge is 2.25. The van der Waals surface area contributed by atoms with Gasteiger partial charge in [0.2, 0.25) is 0 Å². The van der Waals surface area contributed by atoms with E-state index in [4.69, 9.17) is 4.74 Å². The van der Waals surface area contributed by atoms with E-state index in [0.717, 1.165) is 31.7 Å². The Morgan fingerprint density at radius 3 is 2.80 bits per heavy atom. The van der Waals surface area contributed by atoms with Gasteiger partial charge in [-0.3, -0.25) is 0 Å². The number of ether oxygens (including phenoxy) is 1. The molecular formula is C13H27NO. The average Bonchev–Trinajstić information content (AvgIpc) is 2.61. The molecule has 2 heteroatoms. The predicted octanol–water partition coefficient (Wildman–Crippen LogP) is 2.83. The zero-order chi connectivity index (χ0) is 11.1. The summed E-state index contributed by atoms with van der Waals surface area (Å²) in [5, 5.41) is 3.59. The summed E-state index contributed by atoms with van der Waals surface area (Å²) in [6.07, 6.45) is 5.39. The number of nitrogens with one attached hydrogen (secondary N) is 1. The van der Waals surface area contributed by atoms with Crippen molar-refractivity contribution in [3.63, 3.8) is 0 Å². The van der Waals surface area contributed by atoms with E-state index in [1.54, 1.807) is 0 Å². The van der Waals surface area contributed by atoms with Crippen molar-refractivity contribution < 1.29 is 4.74 Å². The highest BCUT2D eigenvalue weighted by molar-refractivity contribution is 4.82. The molecule has 1 rings (SSSR count). The molecule has 0 spiro atoms. The van der Waals surface area contributed by atoms with Gasteiger partial charge in [-0.05, 0) is 37.6 Å². The lowest BCUT2D eigenvalue weighted by molar-refractivity contribution is 0.0954. The first-order valence-electron chi connectivity index (χ1n) is 6.55. The SMILES string of the molecule is CCNC1CCCC1CCOCC(C)C. The van der Waals surface area contributed by atoms with E-state index in [0.29, 0.717) is 5.92 Å². The Balaban J connectivity index is 2.09. The summed E-state index contributed by atoms with van der Waals surface area (Å²) in [5.74, 6) is 1.52. The van der Waals surface area contributed by atoms with Crippen molar-refractivity contribution in [2.75, 3.05) is 19.8 Å². The van der Waals surface area contributed by atoms with Crippen molar-refractivity contribution in [3.8, 4) is 0 Å². The summed E-state index contributed by atoms with van der Waals surface area (Å²) >= 11 is 0. The summed E-state index contributed by atoms with van der Waals surface area (Å²) in [6, 6.07) is 0.762. The Morgan fingerprint density at radius 2 is 2.13 bits per heavy atom. The van der Waals surface area contributed by atoms with E-state index >= 15 is 0 Å². The van der Waals surface area contributed by atoms with Crippen LogP contribution in [0.5, 0.6) is 0 Å². The minimum absolute atomic E-state index is 0.665. The Hall–Kier alpha value is -0.0800. The number of hydrogen-bond donors (Lipinski definition) is 1. The van der Waals surface area contributed by atoms with Crippen LogP contribution in [0, 0.1) is 11.8 Å². The van der Waals surface area contributed by atoms with Crippen LogP contribution in [0.2, 0.25) is 0 Å². The molecule has 2 atom stereocenters. The van der Waals surface area contributed by atoms with E-state index in [1.165, 1.54) is 25.7 Å². The predicted molar refractivity (Wildman–Crippen MR) is 65.1 cm³/mol. The average molecular weight is 213 g/mol. The quantitative estimate of drug-likeness (QED) is 0.657. The molecular weight excluding hydrogens is 186 g/mol. The topological polar surface area (TPSA) is 21.3 Å². The second kappa shape index (κ2) is 7.24. The highest BCUT2D eigenvalue weighted by atomic mass is 16.5. The molecule has 0 aromatic rings. The molecule has 0 heterocycles. The molecule has 2 nitrogen and oxygen atoms in total. The van der Waals surface area contributed by atoms with E-state index in [9.17, 15) is 0 Å². The second-order valence-electron chi connectivity index (χ2n) is 5.11. The van der Waals surface area contributed by atoms with Gasteiger partial charge in [0, 0.05) is 19.3 Å². The summed E-state index contributed by atoms with van der Waals surface area (Å²) in [7, 11) is 0. The van der Waals surface area contributed by atoms with Gasteiger partial charge in [0.1, 0.15) is 0 Å². The van der Waals surface area contributed by atoms with Gasteiger partial charge < -0.3 is 10.1 Å². The van der Waals surface area contributed by atoms with Gasteiger partial charge in [-0.25, -0.2) is 0 Å². The summed E-state index contributed by atoms with van der Waals surface area (Å²) < 4.78 is 5.66. The maximum atomic E-state index is 5.66. The molecule has 0 aromatic carbocycles. The lowest BCUT2D eigenvalue weighted by atomic mass is 10.00. The van der Waals surface area contributed by atoms with Gasteiger partial charge in [-0.2, -0.15) is 0 Å². The van der Waals surface area contributed by atoms with E-state index in [2.05, 4.69) is 26.1 Å². The van der Waals surface area contributed by atoms with Crippen LogP contribution in [0.1, 0.15) is 46.5 Å². The van der Waals surface area contributed by atoms with Gasteiger partial charge in [0.05, 0.1) is 0 Å². The Bertz CT molecular complexity index is 159. The van der Waals surface area contributed by atoms with Crippen molar-refractivity contribution in [3.05, 3.63) is 0 Å². The van der Waals surface area contributed by atoms with Crippen molar-refractivity contribution >= 4 is 0 Å². The van der Waals surface area contributed by atoms with E-state index < -0.39 is 0 Å². The first-order chi connectivity index (χ1) is 7.24. The van der Waals surface area contributed by atoms with Gasteiger partial charge in [0.15, 0.2) is 0 Å². The van der Waals surface area contributed by atoms with Crippen LogP contribution in [-0.4, -0.2) is 25.8 Å². The van der Waals surface area contributed by atoms with Gasteiger partial charge >= 0.3 is 0 Å². The number of hydrogen-bond acceptors (Lipinski definition) is 2. The minimum Gasteiger partial charge on any atom is -0.381 e. The van der Waals surface area contributed by atoms with Gasteiger partial charge in [-0.15, -0.1) is 0 Å². The van der Waals surface area contributed by atoms with Gasteiger partial charge in [-0.1, -0.05) is 27.2 Å². The normalized spacial score (nSPS) is 26.4. The summed E-state index contributed by atoms with van der Waals surface area (Å²) in [4.78, 5) is 0. The van der Waals surface area contributed by atoms with Crippen molar-refractivity contribution in [1.82, 2.24) is 5.32 Å². The van der Waals surface area contributed by atoms with Crippen LogP contribution in [-0.2, 0) is 4.74 Å². The van der Waals surface area contributed by atoms with E-state index in [-0.39, 0.29) is 0 Å². The molecule has 2 unspecified atom stereocenters. The Labute approximate surface area is 94.8 Å². The molecule has 1 saturated carbocycles. The first-order valence-corrected chi connectivity index (χ1v) is 6.55. The monoisotopic (exact) mass is 213 g/mol. The molecule has 0 bridgehead atoms. The fourth-order valence-electron chi connectivity index (χ4n) is 2.47. The smallest absolute Gasteiger partial charge is 0.0488 e. The van der Waals surface area contributed by atoms with Crippen LogP contribution in [0.4, 0.5) is 0 Å². The summed E-state index contributed by atoms with van der Waals surface area (Å²) in [5.41, 5.74) is 0. The van der Waals surface area contributed by atoms with Crippen molar-refractivity contribution in [2.24, 2.45) is 11.8 Å². The molecule has 0 aliphatic heterocycles. The van der Waals surface area contributed by atoms with Crippen LogP contribution in [0.25, 0.3) is 0 Å². The zero-order valence-electron chi connectivity index (χ0n) is 10.6. The van der Waals surface area contributed by atoms with Crippen LogP contribution in [0.15, 0.2) is 0 Å². The fourth-order valence-corrected chi connectivity index (χ4v) is 2.47. The molecule has 0 saturated heterocycles. The first kappa shape index (κ1) is 13.0.